The molecule has 1 atom stereocenters. The third-order valence-electron chi connectivity index (χ3n) is 4.66. The highest BCUT2D eigenvalue weighted by molar-refractivity contribution is 5.85. The molecule has 0 spiro atoms. The first kappa shape index (κ1) is 23.4. The Morgan fingerprint density at radius 1 is 0.897 bits per heavy atom. The van der Waals surface area contributed by atoms with Gasteiger partial charge in [-0.25, -0.2) is 0 Å². The average molecular weight is 453 g/mol. The Labute approximate surface area is 178 Å². The van der Waals surface area contributed by atoms with Gasteiger partial charge in [-0.15, -0.1) is 38.0 Å². The molecule has 0 unspecified atom stereocenters. The van der Waals surface area contributed by atoms with Crippen LogP contribution in [0.4, 0.5) is 13.2 Å². The summed E-state index contributed by atoms with van der Waals surface area (Å²) in [5, 5.41) is 3.32. The van der Waals surface area contributed by atoms with Gasteiger partial charge in [0.25, 0.3) is 0 Å². The molecule has 1 N–H and O–H groups in total. The molecule has 2 aromatic carbocycles. The van der Waals surface area contributed by atoms with Crippen LogP contribution in [-0.4, -0.2) is 44.2 Å². The number of fused-ring (bicyclic) bond motifs is 1. The van der Waals surface area contributed by atoms with E-state index in [-0.39, 0.29) is 43.4 Å². The molecule has 29 heavy (non-hydrogen) atoms. The number of halogens is 5. The first-order valence-electron chi connectivity index (χ1n) is 8.70. The average Bonchev–Trinajstić information content (AvgIpc) is 3.11. The predicted octanol–water partition coefficient (Wildman–Crippen LogP) is 4.15. The number of nitrogens with one attached hydrogen (secondary N) is 1. The van der Waals surface area contributed by atoms with Crippen molar-refractivity contribution in [3.05, 3.63) is 53.6 Å². The summed E-state index contributed by atoms with van der Waals surface area (Å²) >= 11 is 0. The standard InChI is InChI=1S/C19H19F3N2O3.2ClH/c20-19(21,22)27-15-4-1-13(2-5-15)18(24-9-7-23-8-10-24)14-3-6-16-17(11-14)26-12-25-16;;/h1-6,11,18,23H,7-10,12H2;2*1H/t18-;;/m0../s1. The zero-order valence-electron chi connectivity index (χ0n) is 15.3. The van der Waals surface area contributed by atoms with Crippen LogP contribution in [0.15, 0.2) is 42.5 Å². The smallest absolute Gasteiger partial charge is 0.454 e. The molecule has 4 rings (SSSR count). The van der Waals surface area contributed by atoms with Gasteiger partial charge in [0, 0.05) is 26.2 Å². The van der Waals surface area contributed by atoms with Crippen LogP contribution in [-0.2, 0) is 0 Å². The number of nitrogens with zero attached hydrogens (tertiary/aromatic N) is 1. The van der Waals surface area contributed by atoms with Crippen molar-refractivity contribution in [2.45, 2.75) is 12.4 Å². The highest BCUT2D eigenvalue weighted by Gasteiger charge is 2.31. The normalized spacial score (nSPS) is 17.1. The van der Waals surface area contributed by atoms with Gasteiger partial charge in [0.1, 0.15) is 5.75 Å². The largest absolute Gasteiger partial charge is 0.573 e. The predicted molar refractivity (Wildman–Crippen MR) is 106 cm³/mol. The number of hydrogen-bond donors (Lipinski definition) is 1. The van der Waals surface area contributed by atoms with Crippen molar-refractivity contribution >= 4 is 24.8 Å². The van der Waals surface area contributed by atoms with Crippen LogP contribution in [0.2, 0.25) is 0 Å². The molecular weight excluding hydrogens is 432 g/mol. The van der Waals surface area contributed by atoms with E-state index in [0.717, 1.165) is 37.3 Å². The van der Waals surface area contributed by atoms with Crippen molar-refractivity contribution in [1.29, 1.82) is 0 Å². The molecule has 2 heterocycles. The van der Waals surface area contributed by atoms with Gasteiger partial charge in [0.05, 0.1) is 6.04 Å². The summed E-state index contributed by atoms with van der Waals surface area (Å²) in [6, 6.07) is 11.7. The third-order valence-corrected chi connectivity index (χ3v) is 4.66. The molecule has 2 aliphatic heterocycles. The van der Waals surface area contributed by atoms with Crippen molar-refractivity contribution in [2.75, 3.05) is 33.0 Å². The SMILES string of the molecule is Cl.Cl.FC(F)(F)Oc1ccc([C@@H](c2ccc3c(c2)OCO3)N2CCNCC2)cc1. The van der Waals surface area contributed by atoms with Crippen molar-refractivity contribution in [2.24, 2.45) is 0 Å². The van der Waals surface area contributed by atoms with Gasteiger partial charge in [-0.05, 0) is 35.4 Å². The number of ether oxygens (including phenoxy) is 3. The molecule has 0 aromatic heterocycles. The van der Waals surface area contributed by atoms with Gasteiger partial charge < -0.3 is 19.5 Å². The van der Waals surface area contributed by atoms with Crippen LogP contribution in [0.3, 0.4) is 0 Å². The fourth-order valence-corrected chi connectivity index (χ4v) is 3.49. The Kier molecular flexibility index (Phi) is 7.87. The van der Waals surface area contributed by atoms with E-state index in [4.69, 9.17) is 9.47 Å². The molecule has 1 fully saturated rings. The minimum Gasteiger partial charge on any atom is -0.454 e. The van der Waals surface area contributed by atoms with E-state index in [0.29, 0.717) is 11.5 Å². The molecule has 160 valence electrons. The van der Waals surface area contributed by atoms with Crippen LogP contribution in [0, 0.1) is 0 Å². The van der Waals surface area contributed by atoms with Gasteiger partial charge in [-0.3, -0.25) is 4.90 Å². The lowest BCUT2D eigenvalue weighted by molar-refractivity contribution is -0.274. The van der Waals surface area contributed by atoms with Gasteiger partial charge in [-0.2, -0.15) is 0 Å². The van der Waals surface area contributed by atoms with E-state index >= 15 is 0 Å². The Morgan fingerprint density at radius 2 is 1.52 bits per heavy atom. The van der Waals surface area contributed by atoms with E-state index in [1.807, 2.05) is 18.2 Å². The fraction of sp³-hybridized carbons (Fsp3) is 0.368. The monoisotopic (exact) mass is 452 g/mol. The Bertz CT molecular complexity index is 800. The zero-order chi connectivity index (χ0) is 18.9. The molecule has 0 bridgehead atoms. The highest BCUT2D eigenvalue weighted by atomic mass is 35.5. The van der Waals surface area contributed by atoms with Crippen LogP contribution < -0.4 is 19.5 Å². The van der Waals surface area contributed by atoms with Gasteiger partial charge in [-0.1, -0.05) is 18.2 Å². The highest BCUT2D eigenvalue weighted by Crippen LogP contribution is 2.38. The summed E-state index contributed by atoms with van der Waals surface area (Å²) in [6.07, 6.45) is -4.70. The Balaban J connectivity index is 0.00000150. The lowest BCUT2D eigenvalue weighted by Crippen LogP contribution is -2.45. The molecular formula is C19H21Cl2F3N2O3. The summed E-state index contributed by atoms with van der Waals surface area (Å²) in [7, 11) is 0. The third kappa shape index (κ3) is 5.60. The maximum Gasteiger partial charge on any atom is 0.573 e. The quantitative estimate of drug-likeness (QED) is 0.754. The first-order valence-corrected chi connectivity index (χ1v) is 8.70. The molecule has 2 aliphatic rings. The summed E-state index contributed by atoms with van der Waals surface area (Å²) in [5.41, 5.74) is 1.90. The van der Waals surface area contributed by atoms with Crippen molar-refractivity contribution < 1.29 is 27.4 Å². The number of alkyl halides is 3. The first-order chi connectivity index (χ1) is 13.0. The van der Waals surface area contributed by atoms with Crippen molar-refractivity contribution in [3.8, 4) is 17.2 Å². The van der Waals surface area contributed by atoms with Crippen LogP contribution in [0.5, 0.6) is 17.2 Å². The van der Waals surface area contributed by atoms with Crippen molar-refractivity contribution in [1.82, 2.24) is 10.2 Å². The summed E-state index contributed by atoms with van der Waals surface area (Å²) < 4.78 is 52.1. The molecule has 10 heteroatoms. The molecule has 0 saturated carbocycles. The van der Waals surface area contributed by atoms with Crippen LogP contribution in [0.1, 0.15) is 17.2 Å². The molecule has 0 radical (unpaired) electrons. The maximum absolute atomic E-state index is 12.4. The van der Waals surface area contributed by atoms with Gasteiger partial charge in [0.15, 0.2) is 11.5 Å². The van der Waals surface area contributed by atoms with Crippen LogP contribution >= 0.6 is 24.8 Å². The lowest BCUT2D eigenvalue weighted by atomic mass is 9.96. The lowest BCUT2D eigenvalue weighted by Gasteiger charge is -2.35. The Hall–Kier alpha value is -1.87. The fourth-order valence-electron chi connectivity index (χ4n) is 3.49. The molecule has 0 aliphatic carbocycles. The van der Waals surface area contributed by atoms with E-state index in [1.165, 1.54) is 12.1 Å². The van der Waals surface area contributed by atoms with E-state index < -0.39 is 6.36 Å². The minimum absolute atomic E-state index is 0. The van der Waals surface area contributed by atoms with Gasteiger partial charge in [0.2, 0.25) is 6.79 Å². The summed E-state index contributed by atoms with van der Waals surface area (Å²) in [5.74, 6) is 1.16. The van der Waals surface area contributed by atoms with E-state index in [1.54, 1.807) is 12.1 Å². The molecule has 0 amide bonds. The summed E-state index contributed by atoms with van der Waals surface area (Å²) in [6.45, 7) is 3.58. The second-order valence-electron chi connectivity index (χ2n) is 6.42. The molecule has 2 aromatic rings. The zero-order valence-corrected chi connectivity index (χ0v) is 16.9. The minimum atomic E-state index is -4.70. The number of rotatable bonds is 4. The van der Waals surface area contributed by atoms with Gasteiger partial charge >= 0.3 is 6.36 Å². The van der Waals surface area contributed by atoms with Crippen molar-refractivity contribution in [3.63, 3.8) is 0 Å². The van der Waals surface area contributed by atoms with Crippen LogP contribution in [0.25, 0.3) is 0 Å². The van der Waals surface area contributed by atoms with E-state index in [2.05, 4.69) is 15.0 Å². The second kappa shape index (κ2) is 9.75. The summed E-state index contributed by atoms with van der Waals surface area (Å²) in [4.78, 5) is 2.30. The number of piperazine rings is 1. The number of hydrogen-bond acceptors (Lipinski definition) is 5. The maximum atomic E-state index is 12.4. The Morgan fingerprint density at radius 3 is 2.17 bits per heavy atom. The van der Waals surface area contributed by atoms with E-state index in [9.17, 15) is 13.2 Å². The second-order valence-corrected chi connectivity index (χ2v) is 6.42. The molecule has 1 saturated heterocycles. The molecule has 5 nitrogen and oxygen atoms in total. The topological polar surface area (TPSA) is 43.0 Å². The number of benzene rings is 2.